The van der Waals surface area contributed by atoms with Crippen molar-refractivity contribution in [3.05, 3.63) is 76.7 Å². The van der Waals surface area contributed by atoms with E-state index in [2.05, 4.69) is 10.4 Å². The van der Waals surface area contributed by atoms with Crippen molar-refractivity contribution < 1.29 is 19.0 Å². The highest BCUT2D eigenvalue weighted by Gasteiger charge is 2.14. The van der Waals surface area contributed by atoms with Crippen molar-refractivity contribution >= 4 is 11.6 Å². The molecule has 0 unspecified atom stereocenters. The van der Waals surface area contributed by atoms with Gasteiger partial charge in [0.2, 0.25) is 0 Å². The van der Waals surface area contributed by atoms with Crippen LogP contribution in [0.5, 0.6) is 17.2 Å². The number of benzene rings is 2. The van der Waals surface area contributed by atoms with Crippen LogP contribution in [0.15, 0.2) is 65.5 Å². The van der Waals surface area contributed by atoms with Gasteiger partial charge in [-0.25, -0.2) is 4.68 Å². The number of carbonyl (C=O) groups excluding carboxylic acids is 1. The zero-order valence-corrected chi connectivity index (χ0v) is 16.2. The summed E-state index contributed by atoms with van der Waals surface area (Å²) in [5, 5.41) is 6.93. The van der Waals surface area contributed by atoms with E-state index in [0.29, 0.717) is 36.1 Å². The normalized spacial score (nSPS) is 12.7. The molecule has 1 aliphatic heterocycles. The summed E-state index contributed by atoms with van der Waals surface area (Å²) in [4.78, 5) is 24.7. The molecule has 0 atom stereocenters. The quantitative estimate of drug-likeness (QED) is 0.676. The number of para-hydroxylation sites is 1. The maximum Gasteiger partial charge on any atom is 0.276 e. The second kappa shape index (κ2) is 9.13. The zero-order chi connectivity index (χ0) is 20.8. The molecule has 30 heavy (non-hydrogen) atoms. The third-order valence-electron chi connectivity index (χ3n) is 4.42. The summed E-state index contributed by atoms with van der Waals surface area (Å²) in [7, 11) is 0. The fourth-order valence-corrected chi connectivity index (χ4v) is 2.93. The van der Waals surface area contributed by atoms with Crippen LogP contribution in [0.25, 0.3) is 0 Å². The average molecular weight is 407 g/mol. The lowest BCUT2D eigenvalue weighted by Crippen LogP contribution is -2.28. The van der Waals surface area contributed by atoms with Crippen LogP contribution in [0.2, 0.25) is 0 Å². The lowest BCUT2D eigenvalue weighted by Gasteiger charge is -2.11. The molecule has 0 fully saturated rings. The van der Waals surface area contributed by atoms with Crippen LogP contribution < -0.4 is 25.1 Å². The number of carbonyl (C=O) groups is 1. The van der Waals surface area contributed by atoms with E-state index in [9.17, 15) is 9.59 Å². The third-order valence-corrected chi connectivity index (χ3v) is 4.42. The Balaban J connectivity index is 1.42. The van der Waals surface area contributed by atoms with Gasteiger partial charge in [-0.15, -0.1) is 0 Å². The van der Waals surface area contributed by atoms with Gasteiger partial charge in [0.25, 0.3) is 11.5 Å². The number of hydrogen-bond acceptors (Lipinski definition) is 6. The zero-order valence-electron chi connectivity index (χ0n) is 16.2. The molecule has 154 valence electrons. The van der Waals surface area contributed by atoms with Gasteiger partial charge in [0.05, 0.1) is 19.8 Å². The van der Waals surface area contributed by atoms with Gasteiger partial charge >= 0.3 is 0 Å². The van der Waals surface area contributed by atoms with E-state index in [1.807, 2.05) is 30.3 Å². The van der Waals surface area contributed by atoms with Crippen LogP contribution in [-0.4, -0.2) is 35.5 Å². The van der Waals surface area contributed by atoms with Gasteiger partial charge in [0, 0.05) is 24.2 Å². The first-order chi connectivity index (χ1) is 14.7. The summed E-state index contributed by atoms with van der Waals surface area (Å²) in [5.74, 6) is 1.51. The predicted molar refractivity (Wildman–Crippen MR) is 110 cm³/mol. The molecule has 0 saturated carbocycles. The molecule has 3 aromatic rings. The Bertz CT molecular complexity index is 1080. The van der Waals surface area contributed by atoms with Crippen LogP contribution in [0.3, 0.4) is 0 Å². The molecule has 8 heteroatoms. The Morgan fingerprint density at radius 3 is 2.67 bits per heavy atom. The minimum Gasteiger partial charge on any atom is -0.492 e. The summed E-state index contributed by atoms with van der Waals surface area (Å²) < 4.78 is 18.0. The van der Waals surface area contributed by atoms with Crippen LogP contribution in [-0.2, 0) is 6.54 Å². The number of hydrogen-bond donors (Lipinski definition) is 1. The van der Waals surface area contributed by atoms with Crippen molar-refractivity contribution in [1.29, 1.82) is 0 Å². The van der Waals surface area contributed by atoms with Crippen molar-refractivity contribution in [1.82, 2.24) is 9.78 Å². The number of rotatable bonds is 6. The minimum absolute atomic E-state index is 0.126. The van der Waals surface area contributed by atoms with E-state index in [4.69, 9.17) is 14.2 Å². The number of amides is 1. The van der Waals surface area contributed by atoms with E-state index >= 15 is 0 Å². The highest BCUT2D eigenvalue weighted by molar-refractivity contribution is 6.02. The van der Waals surface area contributed by atoms with Crippen molar-refractivity contribution in [3.63, 3.8) is 0 Å². The van der Waals surface area contributed by atoms with Gasteiger partial charge in [0.15, 0.2) is 11.5 Å². The van der Waals surface area contributed by atoms with Crippen LogP contribution in [0.1, 0.15) is 16.9 Å². The topological polar surface area (TPSA) is 91.7 Å². The molecule has 0 bridgehead atoms. The van der Waals surface area contributed by atoms with Crippen molar-refractivity contribution in [2.24, 2.45) is 0 Å². The molecule has 4 rings (SSSR count). The molecule has 0 aliphatic carbocycles. The van der Waals surface area contributed by atoms with Crippen molar-refractivity contribution in [3.8, 4) is 17.2 Å². The second-order valence-corrected chi connectivity index (χ2v) is 6.61. The monoisotopic (exact) mass is 407 g/mol. The van der Waals surface area contributed by atoms with Gasteiger partial charge < -0.3 is 19.5 Å². The molecule has 2 aromatic carbocycles. The van der Waals surface area contributed by atoms with E-state index < -0.39 is 5.91 Å². The number of ether oxygens (including phenoxy) is 3. The summed E-state index contributed by atoms with van der Waals surface area (Å²) in [6.45, 7) is 1.63. The van der Waals surface area contributed by atoms with E-state index in [1.54, 1.807) is 18.2 Å². The summed E-state index contributed by atoms with van der Waals surface area (Å²) in [5.41, 5.74) is 0.372. The van der Waals surface area contributed by atoms with Gasteiger partial charge in [-0.05, 0) is 30.3 Å². The molecule has 0 radical (unpaired) electrons. The second-order valence-electron chi connectivity index (χ2n) is 6.61. The molecular formula is C22H21N3O5. The number of anilines is 1. The molecular weight excluding hydrogens is 386 g/mol. The lowest BCUT2D eigenvalue weighted by atomic mass is 10.2. The fraction of sp³-hybridized carbons (Fsp3) is 0.227. The van der Waals surface area contributed by atoms with E-state index in [0.717, 1.165) is 6.42 Å². The van der Waals surface area contributed by atoms with Gasteiger partial charge in [-0.2, -0.15) is 5.10 Å². The van der Waals surface area contributed by atoms with Crippen LogP contribution in [0.4, 0.5) is 5.69 Å². The maximum atomic E-state index is 12.6. The number of aromatic nitrogens is 2. The molecule has 8 nitrogen and oxygen atoms in total. The highest BCUT2D eigenvalue weighted by Crippen LogP contribution is 2.32. The van der Waals surface area contributed by atoms with Crippen molar-refractivity contribution in [2.75, 3.05) is 25.1 Å². The molecule has 2 heterocycles. The third kappa shape index (κ3) is 4.78. The molecule has 1 amide bonds. The summed E-state index contributed by atoms with van der Waals surface area (Å²) >= 11 is 0. The van der Waals surface area contributed by atoms with Crippen molar-refractivity contribution in [2.45, 2.75) is 13.0 Å². The largest absolute Gasteiger partial charge is 0.492 e. The maximum absolute atomic E-state index is 12.6. The lowest BCUT2D eigenvalue weighted by molar-refractivity contribution is 0.101. The molecule has 0 spiro atoms. The molecule has 1 aromatic heterocycles. The van der Waals surface area contributed by atoms with E-state index in [1.165, 1.54) is 16.8 Å². The first kappa shape index (κ1) is 19.5. The Hall–Kier alpha value is -3.81. The SMILES string of the molecule is O=C(Nc1ccc2c(c1)OCCCO2)c1ccc(=O)n(CCOc2ccccc2)n1. The Morgan fingerprint density at radius 2 is 1.83 bits per heavy atom. The first-order valence-corrected chi connectivity index (χ1v) is 9.66. The average Bonchev–Trinajstić information content (AvgIpc) is 3.01. The smallest absolute Gasteiger partial charge is 0.276 e. The Kier molecular flexibility index (Phi) is 5.93. The summed E-state index contributed by atoms with van der Waals surface area (Å²) in [6.07, 6.45) is 0.801. The molecule has 1 aliphatic rings. The van der Waals surface area contributed by atoms with Crippen LogP contribution in [0, 0.1) is 0 Å². The first-order valence-electron chi connectivity index (χ1n) is 9.66. The standard InChI is InChI=1S/C22H21N3O5/c26-21-10-8-18(24-25(21)11-14-28-17-5-2-1-3-6-17)22(27)23-16-7-9-19-20(15-16)30-13-4-12-29-19/h1-3,5-10,15H,4,11-14H2,(H,23,27). The Morgan fingerprint density at radius 1 is 1.03 bits per heavy atom. The van der Waals surface area contributed by atoms with Gasteiger partial charge in [-0.1, -0.05) is 18.2 Å². The minimum atomic E-state index is -0.429. The highest BCUT2D eigenvalue weighted by atomic mass is 16.5. The van der Waals surface area contributed by atoms with Gasteiger partial charge in [0.1, 0.15) is 18.1 Å². The van der Waals surface area contributed by atoms with Crippen LogP contribution >= 0.6 is 0 Å². The fourth-order valence-electron chi connectivity index (χ4n) is 2.93. The van der Waals surface area contributed by atoms with E-state index in [-0.39, 0.29) is 24.4 Å². The summed E-state index contributed by atoms with van der Waals surface area (Å²) in [6, 6.07) is 17.2. The Labute approximate surface area is 173 Å². The number of fused-ring (bicyclic) bond motifs is 1. The number of nitrogens with zero attached hydrogens (tertiary/aromatic N) is 2. The molecule has 0 saturated heterocycles. The van der Waals surface area contributed by atoms with Gasteiger partial charge in [-0.3, -0.25) is 9.59 Å². The number of nitrogens with one attached hydrogen (secondary N) is 1. The molecule has 1 N–H and O–H groups in total. The predicted octanol–water partition coefficient (Wildman–Crippen LogP) is 2.74.